The zero-order chi connectivity index (χ0) is 14.2. The molecule has 4 heteroatoms. The molecule has 0 atom stereocenters. The quantitative estimate of drug-likeness (QED) is 0.902. The fourth-order valence-electron chi connectivity index (χ4n) is 1.97. The second kappa shape index (κ2) is 4.61. The number of nitrogens with zero attached hydrogens (tertiary/aromatic N) is 2. The summed E-state index contributed by atoms with van der Waals surface area (Å²) >= 11 is 0. The molecule has 0 aliphatic carbocycles. The van der Waals surface area contributed by atoms with Crippen molar-refractivity contribution in [2.45, 2.75) is 33.1 Å². The SMILES string of the molecule is COc1ccc(-n2nc(C(C)(C)C)c(O)c2C)cc1. The van der Waals surface area contributed by atoms with Gasteiger partial charge < -0.3 is 9.84 Å². The van der Waals surface area contributed by atoms with Gasteiger partial charge in [0.2, 0.25) is 0 Å². The molecule has 0 unspecified atom stereocenters. The van der Waals surface area contributed by atoms with Crippen molar-refractivity contribution in [3.63, 3.8) is 0 Å². The number of aromatic hydroxyl groups is 1. The molecule has 1 aromatic heterocycles. The highest BCUT2D eigenvalue weighted by Crippen LogP contribution is 2.33. The molecular weight excluding hydrogens is 240 g/mol. The van der Waals surface area contributed by atoms with E-state index in [1.807, 2.05) is 52.0 Å². The van der Waals surface area contributed by atoms with Gasteiger partial charge in [-0.2, -0.15) is 5.10 Å². The van der Waals surface area contributed by atoms with Crippen LogP contribution in [0.25, 0.3) is 5.69 Å². The largest absolute Gasteiger partial charge is 0.504 e. The smallest absolute Gasteiger partial charge is 0.160 e. The van der Waals surface area contributed by atoms with Crippen molar-refractivity contribution in [3.05, 3.63) is 35.7 Å². The molecular formula is C15H20N2O2. The van der Waals surface area contributed by atoms with Gasteiger partial charge in [0.05, 0.1) is 18.5 Å². The molecule has 4 nitrogen and oxygen atoms in total. The molecule has 0 fully saturated rings. The maximum absolute atomic E-state index is 10.2. The molecule has 2 aromatic rings. The first kappa shape index (κ1) is 13.5. The Labute approximate surface area is 113 Å². The molecule has 1 aromatic carbocycles. The molecule has 0 saturated heterocycles. The Bertz CT molecular complexity index is 577. The zero-order valence-corrected chi connectivity index (χ0v) is 12.1. The fourth-order valence-corrected chi connectivity index (χ4v) is 1.97. The summed E-state index contributed by atoms with van der Waals surface area (Å²) in [6.07, 6.45) is 0. The van der Waals surface area contributed by atoms with E-state index in [0.29, 0.717) is 5.69 Å². The normalized spacial score (nSPS) is 11.6. The number of methoxy groups -OCH3 is 1. The van der Waals surface area contributed by atoms with Crippen molar-refractivity contribution in [2.75, 3.05) is 7.11 Å². The second-order valence-electron chi connectivity index (χ2n) is 5.64. The fraction of sp³-hybridized carbons (Fsp3) is 0.400. The van der Waals surface area contributed by atoms with Crippen LogP contribution in [-0.2, 0) is 5.41 Å². The van der Waals surface area contributed by atoms with Crippen molar-refractivity contribution >= 4 is 0 Å². The second-order valence-corrected chi connectivity index (χ2v) is 5.64. The van der Waals surface area contributed by atoms with Gasteiger partial charge in [-0.25, -0.2) is 4.68 Å². The lowest BCUT2D eigenvalue weighted by Gasteiger charge is -2.15. The molecule has 0 spiro atoms. The van der Waals surface area contributed by atoms with Crippen LogP contribution in [0.15, 0.2) is 24.3 Å². The Balaban J connectivity index is 2.50. The van der Waals surface area contributed by atoms with Gasteiger partial charge in [0.1, 0.15) is 11.4 Å². The minimum Gasteiger partial charge on any atom is -0.504 e. The van der Waals surface area contributed by atoms with E-state index >= 15 is 0 Å². The average molecular weight is 260 g/mol. The molecule has 0 saturated carbocycles. The van der Waals surface area contributed by atoms with E-state index in [4.69, 9.17) is 4.74 Å². The predicted octanol–water partition coefficient (Wildman–Crippen LogP) is 3.19. The number of ether oxygens (including phenoxy) is 1. The van der Waals surface area contributed by atoms with Gasteiger partial charge in [0, 0.05) is 5.41 Å². The maximum atomic E-state index is 10.2. The Morgan fingerprint density at radius 3 is 2.16 bits per heavy atom. The summed E-state index contributed by atoms with van der Waals surface area (Å²) in [5, 5.41) is 14.7. The molecule has 19 heavy (non-hydrogen) atoms. The van der Waals surface area contributed by atoms with E-state index in [1.165, 1.54) is 0 Å². The van der Waals surface area contributed by atoms with Crippen molar-refractivity contribution in [1.29, 1.82) is 0 Å². The average Bonchev–Trinajstić information content (AvgIpc) is 2.66. The summed E-state index contributed by atoms with van der Waals surface area (Å²) in [5.41, 5.74) is 2.17. The lowest BCUT2D eigenvalue weighted by Crippen LogP contribution is -2.12. The molecule has 0 aliphatic heterocycles. The van der Waals surface area contributed by atoms with Crippen LogP contribution in [0.4, 0.5) is 0 Å². The van der Waals surface area contributed by atoms with E-state index < -0.39 is 0 Å². The third-order valence-corrected chi connectivity index (χ3v) is 3.11. The number of aromatic nitrogens is 2. The van der Waals surface area contributed by atoms with Crippen LogP contribution < -0.4 is 4.74 Å². The Kier molecular flexibility index (Phi) is 3.27. The van der Waals surface area contributed by atoms with Crippen LogP contribution >= 0.6 is 0 Å². The van der Waals surface area contributed by atoms with E-state index in [1.54, 1.807) is 11.8 Å². The molecule has 0 aliphatic rings. The first-order chi connectivity index (χ1) is 8.84. The van der Waals surface area contributed by atoms with Crippen LogP contribution in [0.5, 0.6) is 11.5 Å². The molecule has 1 heterocycles. The summed E-state index contributed by atoms with van der Waals surface area (Å²) in [5.74, 6) is 1.07. The summed E-state index contributed by atoms with van der Waals surface area (Å²) in [7, 11) is 1.64. The van der Waals surface area contributed by atoms with Crippen LogP contribution in [-0.4, -0.2) is 22.0 Å². The van der Waals surface area contributed by atoms with E-state index in [-0.39, 0.29) is 11.2 Å². The number of rotatable bonds is 2. The van der Waals surface area contributed by atoms with E-state index in [9.17, 15) is 5.11 Å². The van der Waals surface area contributed by atoms with Gasteiger partial charge in [0.25, 0.3) is 0 Å². The highest BCUT2D eigenvalue weighted by atomic mass is 16.5. The molecule has 2 rings (SSSR count). The van der Waals surface area contributed by atoms with Crippen LogP contribution in [0.3, 0.4) is 0 Å². The van der Waals surface area contributed by atoms with Crippen molar-refractivity contribution < 1.29 is 9.84 Å². The highest BCUT2D eigenvalue weighted by molar-refractivity contribution is 5.44. The molecule has 0 amide bonds. The van der Waals surface area contributed by atoms with Crippen molar-refractivity contribution in [3.8, 4) is 17.2 Å². The standard InChI is InChI=1S/C15H20N2O2/c1-10-13(18)14(15(2,3)4)16-17(10)11-6-8-12(19-5)9-7-11/h6-9,18H,1-5H3. The van der Waals surface area contributed by atoms with E-state index in [2.05, 4.69) is 5.10 Å². The summed E-state index contributed by atoms with van der Waals surface area (Å²) in [4.78, 5) is 0. The van der Waals surface area contributed by atoms with E-state index in [0.717, 1.165) is 17.1 Å². The minimum atomic E-state index is -0.188. The number of benzene rings is 1. The zero-order valence-electron chi connectivity index (χ0n) is 12.1. The van der Waals surface area contributed by atoms with Crippen LogP contribution in [0, 0.1) is 6.92 Å². The Morgan fingerprint density at radius 1 is 1.16 bits per heavy atom. The molecule has 0 radical (unpaired) electrons. The summed E-state index contributed by atoms with van der Waals surface area (Å²) in [6.45, 7) is 7.97. The van der Waals surface area contributed by atoms with Gasteiger partial charge in [-0.05, 0) is 31.2 Å². The lowest BCUT2D eigenvalue weighted by molar-refractivity contribution is 0.414. The topological polar surface area (TPSA) is 47.3 Å². The molecule has 1 N–H and O–H groups in total. The third kappa shape index (κ3) is 2.43. The first-order valence-electron chi connectivity index (χ1n) is 6.28. The van der Waals surface area contributed by atoms with Crippen LogP contribution in [0.1, 0.15) is 32.2 Å². The summed E-state index contributed by atoms with van der Waals surface area (Å²) < 4.78 is 6.90. The Hall–Kier alpha value is -1.97. The Morgan fingerprint density at radius 2 is 1.74 bits per heavy atom. The van der Waals surface area contributed by atoms with Gasteiger partial charge >= 0.3 is 0 Å². The highest BCUT2D eigenvalue weighted by Gasteiger charge is 2.25. The summed E-state index contributed by atoms with van der Waals surface area (Å²) in [6, 6.07) is 7.60. The van der Waals surface area contributed by atoms with Gasteiger partial charge in [-0.1, -0.05) is 20.8 Å². The van der Waals surface area contributed by atoms with Gasteiger partial charge in [-0.3, -0.25) is 0 Å². The van der Waals surface area contributed by atoms with Gasteiger partial charge in [-0.15, -0.1) is 0 Å². The minimum absolute atomic E-state index is 0.188. The van der Waals surface area contributed by atoms with Crippen LogP contribution in [0.2, 0.25) is 0 Å². The van der Waals surface area contributed by atoms with Crippen molar-refractivity contribution in [1.82, 2.24) is 9.78 Å². The third-order valence-electron chi connectivity index (χ3n) is 3.11. The molecule has 102 valence electrons. The maximum Gasteiger partial charge on any atom is 0.160 e. The van der Waals surface area contributed by atoms with Crippen molar-refractivity contribution in [2.24, 2.45) is 0 Å². The number of hydrogen-bond acceptors (Lipinski definition) is 3. The predicted molar refractivity (Wildman–Crippen MR) is 75.2 cm³/mol. The molecule has 0 bridgehead atoms. The lowest BCUT2D eigenvalue weighted by atomic mass is 9.91. The van der Waals surface area contributed by atoms with Gasteiger partial charge in [0.15, 0.2) is 5.75 Å². The monoisotopic (exact) mass is 260 g/mol. The number of hydrogen-bond donors (Lipinski definition) is 1. The first-order valence-corrected chi connectivity index (χ1v) is 6.28.